The summed E-state index contributed by atoms with van der Waals surface area (Å²) in [4.78, 5) is 14.7. The zero-order chi connectivity index (χ0) is 12.6. The van der Waals surface area contributed by atoms with Crippen LogP contribution in [-0.2, 0) is 4.79 Å². The molecular weight excluding hydrogens is 246 g/mol. The number of carbonyl (C=O) groups is 1. The van der Waals surface area contributed by atoms with Crippen LogP contribution in [0.3, 0.4) is 0 Å². The Labute approximate surface area is 98.7 Å². The minimum absolute atomic E-state index is 0.0126. The van der Waals surface area contributed by atoms with Gasteiger partial charge in [0.2, 0.25) is 0 Å². The Hall–Kier alpha value is -1.64. The van der Waals surface area contributed by atoms with Gasteiger partial charge in [-0.25, -0.2) is 4.98 Å². The van der Waals surface area contributed by atoms with E-state index in [2.05, 4.69) is 14.7 Å². The normalized spacial score (nSPS) is 18.6. The molecule has 7 nitrogen and oxygen atoms in total. The molecule has 0 atom stereocenters. The molecule has 0 aliphatic carbocycles. The van der Waals surface area contributed by atoms with Crippen LogP contribution in [0.15, 0.2) is 21.6 Å². The van der Waals surface area contributed by atoms with E-state index >= 15 is 0 Å². The molecule has 0 aromatic carbocycles. The number of hydrogen-bond acceptors (Lipinski definition) is 6. The Bertz CT molecular complexity index is 515. The topological polar surface area (TPSA) is 115 Å². The van der Waals surface area contributed by atoms with E-state index in [1.165, 1.54) is 0 Å². The van der Waals surface area contributed by atoms with Crippen molar-refractivity contribution in [3.05, 3.63) is 17.8 Å². The second kappa shape index (κ2) is 3.99. The summed E-state index contributed by atoms with van der Waals surface area (Å²) in [5.41, 5.74) is 0.766. The fourth-order valence-corrected chi connectivity index (χ4v) is 2.65. The molecule has 0 radical (unpaired) electrons. The van der Waals surface area contributed by atoms with Crippen LogP contribution in [0.5, 0.6) is 0 Å². The molecule has 92 valence electrons. The summed E-state index contributed by atoms with van der Waals surface area (Å²) in [6.45, 7) is 1.76. The maximum Gasteiger partial charge on any atom is 0.311 e. The van der Waals surface area contributed by atoms with Crippen LogP contribution in [0.2, 0.25) is 0 Å². The third-order valence-corrected chi connectivity index (χ3v) is 3.48. The summed E-state index contributed by atoms with van der Waals surface area (Å²) < 4.78 is 23.2. The molecule has 2 heterocycles. The molecular formula is C9H11N3O4S. The number of aromatic nitrogens is 1. The number of fused-ring (bicyclic) bond motifs is 1. The van der Waals surface area contributed by atoms with Crippen molar-refractivity contribution in [2.45, 2.75) is 18.2 Å². The predicted octanol–water partition coefficient (Wildman–Crippen LogP) is 1.71. The van der Waals surface area contributed by atoms with Gasteiger partial charge in [0.25, 0.3) is 0 Å². The first-order chi connectivity index (χ1) is 7.88. The number of pyridine rings is 1. The molecule has 2 rings (SSSR count). The second-order valence-corrected chi connectivity index (χ2v) is 5.27. The number of rotatable bonds is 2. The highest BCUT2D eigenvalue weighted by Crippen LogP contribution is 2.54. The highest BCUT2D eigenvalue weighted by molar-refractivity contribution is 8.23. The van der Waals surface area contributed by atoms with E-state index in [9.17, 15) is 13.9 Å². The SMILES string of the molecule is Cc1cnc2c(c1)S(O)(O)N=C(CC(=O)O)N2. The first-order valence-electron chi connectivity index (χ1n) is 4.71. The minimum atomic E-state index is -3.36. The largest absolute Gasteiger partial charge is 0.481 e. The molecule has 0 spiro atoms. The Morgan fingerprint density at radius 1 is 1.53 bits per heavy atom. The molecule has 0 bridgehead atoms. The maximum absolute atomic E-state index is 10.5. The number of nitrogens with one attached hydrogen (secondary N) is 1. The van der Waals surface area contributed by atoms with Crippen molar-refractivity contribution in [3.63, 3.8) is 0 Å². The van der Waals surface area contributed by atoms with E-state index < -0.39 is 23.2 Å². The van der Waals surface area contributed by atoms with Gasteiger partial charge in [0.1, 0.15) is 17.2 Å². The number of amidine groups is 1. The Balaban J connectivity index is 2.42. The molecule has 4 N–H and O–H groups in total. The number of hydrogen-bond donors (Lipinski definition) is 4. The molecule has 1 aromatic heterocycles. The smallest absolute Gasteiger partial charge is 0.311 e. The van der Waals surface area contributed by atoms with E-state index in [4.69, 9.17) is 5.11 Å². The molecule has 0 unspecified atom stereocenters. The van der Waals surface area contributed by atoms with Gasteiger partial charge in [-0.2, -0.15) is 0 Å². The number of aryl methyl sites for hydroxylation is 1. The lowest BCUT2D eigenvalue weighted by Crippen LogP contribution is -2.23. The van der Waals surface area contributed by atoms with Gasteiger partial charge < -0.3 is 10.4 Å². The first kappa shape index (κ1) is 11.8. The quantitative estimate of drug-likeness (QED) is 0.641. The summed E-state index contributed by atoms with van der Waals surface area (Å²) >= 11 is 0. The van der Waals surface area contributed by atoms with Gasteiger partial charge in [-0.05, 0) is 18.6 Å². The van der Waals surface area contributed by atoms with E-state index in [-0.39, 0.29) is 16.5 Å². The number of carboxylic acids is 1. The molecule has 1 aromatic rings. The van der Waals surface area contributed by atoms with Crippen LogP contribution < -0.4 is 5.32 Å². The third kappa shape index (κ3) is 2.38. The molecule has 0 fully saturated rings. The van der Waals surface area contributed by atoms with Crippen molar-refractivity contribution >= 4 is 28.4 Å². The molecule has 1 aliphatic rings. The maximum atomic E-state index is 10.5. The van der Waals surface area contributed by atoms with Crippen LogP contribution >= 0.6 is 10.8 Å². The van der Waals surface area contributed by atoms with E-state index in [1.54, 1.807) is 19.2 Å². The van der Waals surface area contributed by atoms with Gasteiger partial charge in [0, 0.05) is 6.20 Å². The molecule has 0 saturated carbocycles. The molecule has 17 heavy (non-hydrogen) atoms. The number of carboxylic acid groups (broad SMARTS) is 1. The van der Waals surface area contributed by atoms with E-state index in [1.807, 2.05) is 0 Å². The number of anilines is 1. The van der Waals surface area contributed by atoms with Gasteiger partial charge in [-0.3, -0.25) is 13.9 Å². The number of nitrogens with zero attached hydrogens (tertiary/aromatic N) is 2. The lowest BCUT2D eigenvalue weighted by molar-refractivity contribution is -0.135. The molecule has 1 aliphatic heterocycles. The van der Waals surface area contributed by atoms with Gasteiger partial charge in [-0.15, -0.1) is 4.40 Å². The zero-order valence-corrected chi connectivity index (χ0v) is 9.73. The van der Waals surface area contributed by atoms with Crippen molar-refractivity contribution in [2.75, 3.05) is 5.32 Å². The summed E-state index contributed by atoms with van der Waals surface area (Å²) in [5.74, 6) is -0.884. The van der Waals surface area contributed by atoms with Crippen molar-refractivity contribution in [1.29, 1.82) is 0 Å². The predicted molar refractivity (Wildman–Crippen MR) is 63.4 cm³/mol. The van der Waals surface area contributed by atoms with Crippen LogP contribution in [-0.4, -0.2) is 31.0 Å². The van der Waals surface area contributed by atoms with Crippen LogP contribution in [0.1, 0.15) is 12.0 Å². The zero-order valence-electron chi connectivity index (χ0n) is 8.91. The average Bonchev–Trinajstić information content (AvgIpc) is 2.17. The van der Waals surface area contributed by atoms with Crippen molar-refractivity contribution < 1.29 is 19.0 Å². The molecule has 8 heteroatoms. The number of aliphatic carboxylic acids is 1. The molecule has 0 amide bonds. The summed E-state index contributed by atoms with van der Waals surface area (Å²) in [6.07, 6.45) is 1.13. The van der Waals surface area contributed by atoms with Crippen LogP contribution in [0.4, 0.5) is 5.82 Å². The van der Waals surface area contributed by atoms with Gasteiger partial charge in [0.15, 0.2) is 5.82 Å². The van der Waals surface area contributed by atoms with Gasteiger partial charge in [-0.1, -0.05) is 10.8 Å². The highest BCUT2D eigenvalue weighted by atomic mass is 32.3. The first-order valence-corrected chi connectivity index (χ1v) is 6.21. The summed E-state index contributed by atoms with van der Waals surface area (Å²) in [5, 5.41) is 11.3. The average molecular weight is 257 g/mol. The summed E-state index contributed by atoms with van der Waals surface area (Å²) in [7, 11) is -3.36. The van der Waals surface area contributed by atoms with Crippen LogP contribution in [0.25, 0.3) is 0 Å². The lowest BCUT2D eigenvalue weighted by Gasteiger charge is -2.33. The van der Waals surface area contributed by atoms with Crippen molar-refractivity contribution in [1.82, 2.24) is 4.98 Å². The van der Waals surface area contributed by atoms with E-state index in [0.29, 0.717) is 0 Å². The van der Waals surface area contributed by atoms with Crippen molar-refractivity contribution in [3.8, 4) is 0 Å². The Morgan fingerprint density at radius 3 is 2.88 bits per heavy atom. The standard InChI is InChI=1S/C9H11N3O4S/c1-5-2-6-9(10-4-5)11-7(3-8(13)14)12-17(6,15)16/h2,4,15-16H,3H2,1H3,(H,13,14)(H,10,11,12). The summed E-state index contributed by atoms with van der Waals surface area (Å²) in [6, 6.07) is 1.56. The Morgan fingerprint density at radius 2 is 2.24 bits per heavy atom. The minimum Gasteiger partial charge on any atom is -0.481 e. The van der Waals surface area contributed by atoms with Gasteiger partial charge in [0.05, 0.1) is 0 Å². The Kier molecular flexibility index (Phi) is 2.77. The fraction of sp³-hybridized carbons (Fsp3) is 0.222. The highest BCUT2D eigenvalue weighted by Gasteiger charge is 2.27. The second-order valence-electron chi connectivity index (χ2n) is 3.61. The van der Waals surface area contributed by atoms with Crippen molar-refractivity contribution in [2.24, 2.45) is 4.40 Å². The fourth-order valence-electron chi connectivity index (χ4n) is 1.43. The van der Waals surface area contributed by atoms with E-state index in [0.717, 1.165) is 5.56 Å². The van der Waals surface area contributed by atoms with Gasteiger partial charge >= 0.3 is 5.97 Å². The van der Waals surface area contributed by atoms with Crippen LogP contribution in [0, 0.1) is 6.92 Å². The lowest BCUT2D eigenvalue weighted by atomic mass is 10.3. The third-order valence-electron chi connectivity index (χ3n) is 2.10. The monoisotopic (exact) mass is 257 g/mol. The molecule has 0 saturated heterocycles.